The lowest BCUT2D eigenvalue weighted by atomic mass is 10.0. The zero-order valence-electron chi connectivity index (χ0n) is 20.6. The number of carbonyl (C=O) groups is 1. The lowest BCUT2D eigenvalue weighted by molar-refractivity contribution is -0.132. The van der Waals surface area contributed by atoms with E-state index in [1.54, 1.807) is 7.11 Å². The number of hydrogen-bond donors (Lipinski definition) is 1. The van der Waals surface area contributed by atoms with Gasteiger partial charge in [0.2, 0.25) is 0 Å². The van der Waals surface area contributed by atoms with Gasteiger partial charge in [-0.25, -0.2) is 5.01 Å². The summed E-state index contributed by atoms with van der Waals surface area (Å²) < 4.78 is 16.8. The standard InChI is InChI=1S/C26H36N4O4/c1-5-33-25-18-20(10-13-24(25)32-4)23-7-6-14-30(28-23)26(31)22(27)17-19-8-11-21(12-9-19)34-16-15-29(2)3/h8-13,18,22H,5-7,14-17,27H2,1-4H3/t22-/m1/s1. The van der Waals surface area contributed by atoms with Crippen LogP contribution in [0.1, 0.15) is 30.9 Å². The summed E-state index contributed by atoms with van der Waals surface area (Å²) in [6.07, 6.45) is 2.05. The minimum atomic E-state index is -0.668. The first-order valence-corrected chi connectivity index (χ1v) is 11.7. The minimum Gasteiger partial charge on any atom is -0.493 e. The largest absolute Gasteiger partial charge is 0.493 e. The van der Waals surface area contributed by atoms with Gasteiger partial charge in [-0.3, -0.25) is 4.79 Å². The first-order valence-electron chi connectivity index (χ1n) is 11.7. The van der Waals surface area contributed by atoms with Crippen LogP contribution in [0.3, 0.4) is 0 Å². The number of methoxy groups -OCH3 is 1. The van der Waals surface area contributed by atoms with Gasteiger partial charge < -0.3 is 24.8 Å². The molecule has 0 aliphatic carbocycles. The van der Waals surface area contributed by atoms with Crippen molar-refractivity contribution in [3.05, 3.63) is 53.6 Å². The SMILES string of the molecule is CCOc1cc(C2=NN(C(=O)[C@H](N)Cc3ccc(OCCN(C)C)cc3)CCC2)ccc1OC. The summed E-state index contributed by atoms with van der Waals surface area (Å²) in [6, 6.07) is 12.8. The van der Waals surface area contributed by atoms with Gasteiger partial charge >= 0.3 is 0 Å². The van der Waals surface area contributed by atoms with Crippen molar-refractivity contribution < 1.29 is 19.0 Å². The molecule has 3 rings (SSSR count). The molecule has 0 spiro atoms. The summed E-state index contributed by atoms with van der Waals surface area (Å²) in [5.41, 5.74) is 9.03. The van der Waals surface area contributed by atoms with E-state index in [4.69, 9.17) is 19.9 Å². The maximum atomic E-state index is 13.0. The first kappa shape index (κ1) is 25.5. The Hall–Kier alpha value is -3.10. The average molecular weight is 469 g/mol. The molecule has 2 aromatic carbocycles. The van der Waals surface area contributed by atoms with Crippen LogP contribution in [0.25, 0.3) is 0 Å². The number of nitrogens with zero attached hydrogens (tertiary/aromatic N) is 3. The van der Waals surface area contributed by atoms with Crippen LogP contribution in [0, 0.1) is 0 Å². The molecule has 1 aliphatic heterocycles. The Balaban J connectivity index is 1.64. The molecule has 1 aliphatic rings. The predicted octanol–water partition coefficient (Wildman–Crippen LogP) is 2.93. The summed E-state index contributed by atoms with van der Waals surface area (Å²) in [6.45, 7) is 4.50. The number of hydrogen-bond acceptors (Lipinski definition) is 7. The maximum Gasteiger partial charge on any atom is 0.259 e. The van der Waals surface area contributed by atoms with Gasteiger partial charge in [0.1, 0.15) is 12.4 Å². The number of benzene rings is 2. The predicted molar refractivity (Wildman–Crippen MR) is 134 cm³/mol. The summed E-state index contributed by atoms with van der Waals surface area (Å²) in [5, 5.41) is 6.14. The molecule has 1 heterocycles. The zero-order valence-corrected chi connectivity index (χ0v) is 20.6. The highest BCUT2D eigenvalue weighted by Gasteiger charge is 2.25. The summed E-state index contributed by atoms with van der Waals surface area (Å²) in [7, 11) is 5.63. The van der Waals surface area contributed by atoms with E-state index in [1.807, 2.05) is 63.5 Å². The van der Waals surface area contributed by atoms with Gasteiger partial charge in [0.05, 0.1) is 25.5 Å². The van der Waals surface area contributed by atoms with E-state index < -0.39 is 6.04 Å². The average Bonchev–Trinajstić information content (AvgIpc) is 2.84. The molecule has 1 atom stereocenters. The first-order chi connectivity index (χ1) is 16.4. The normalized spacial score (nSPS) is 14.5. The second-order valence-corrected chi connectivity index (χ2v) is 8.52. The topological polar surface area (TPSA) is 89.6 Å². The number of carbonyl (C=O) groups excluding carboxylic acids is 1. The Morgan fingerprint density at radius 1 is 1.15 bits per heavy atom. The minimum absolute atomic E-state index is 0.179. The van der Waals surface area contributed by atoms with E-state index in [9.17, 15) is 4.79 Å². The number of rotatable bonds is 11. The second kappa shape index (κ2) is 12.4. The fourth-order valence-electron chi connectivity index (χ4n) is 3.73. The Bertz CT molecular complexity index is 975. The van der Waals surface area contributed by atoms with Gasteiger partial charge in [-0.1, -0.05) is 12.1 Å². The Morgan fingerprint density at radius 2 is 1.91 bits per heavy atom. The molecular formula is C26H36N4O4. The molecule has 0 unspecified atom stereocenters. The van der Waals surface area contributed by atoms with Gasteiger partial charge in [0.15, 0.2) is 11.5 Å². The molecule has 2 N–H and O–H groups in total. The van der Waals surface area contributed by atoms with E-state index >= 15 is 0 Å². The van der Waals surface area contributed by atoms with Crippen LogP contribution < -0.4 is 19.9 Å². The quantitative estimate of drug-likeness (QED) is 0.545. The molecule has 184 valence electrons. The molecule has 34 heavy (non-hydrogen) atoms. The lowest BCUT2D eigenvalue weighted by Gasteiger charge is -2.26. The van der Waals surface area contributed by atoms with Gasteiger partial charge in [0.25, 0.3) is 5.91 Å². The van der Waals surface area contributed by atoms with Crippen molar-refractivity contribution >= 4 is 11.6 Å². The van der Waals surface area contributed by atoms with Gasteiger partial charge in [0, 0.05) is 18.7 Å². The van der Waals surface area contributed by atoms with Crippen LogP contribution in [-0.2, 0) is 11.2 Å². The van der Waals surface area contributed by atoms with E-state index in [0.717, 1.165) is 42.0 Å². The zero-order chi connectivity index (χ0) is 24.5. The Labute approximate surface area is 202 Å². The third-order valence-electron chi connectivity index (χ3n) is 5.58. The number of ether oxygens (including phenoxy) is 3. The van der Waals surface area contributed by atoms with Crippen LogP contribution in [0.4, 0.5) is 0 Å². The highest BCUT2D eigenvalue weighted by Crippen LogP contribution is 2.29. The van der Waals surface area contributed by atoms with Crippen molar-refractivity contribution in [2.75, 3.05) is 47.5 Å². The molecule has 1 amide bonds. The molecular weight excluding hydrogens is 432 g/mol. The number of amides is 1. The number of likely N-dealkylation sites (N-methyl/N-ethyl adjacent to an activating group) is 1. The van der Waals surface area contributed by atoms with E-state index in [1.165, 1.54) is 5.01 Å². The Kier molecular flexibility index (Phi) is 9.30. The molecule has 0 saturated heterocycles. The molecule has 0 fully saturated rings. The highest BCUT2D eigenvalue weighted by molar-refractivity contribution is 6.02. The number of hydrazone groups is 1. The van der Waals surface area contributed by atoms with Crippen LogP contribution in [0.2, 0.25) is 0 Å². The summed E-state index contributed by atoms with van der Waals surface area (Å²) >= 11 is 0. The fourth-order valence-corrected chi connectivity index (χ4v) is 3.73. The summed E-state index contributed by atoms with van der Waals surface area (Å²) in [5.74, 6) is 1.97. The molecule has 0 radical (unpaired) electrons. The van der Waals surface area contributed by atoms with Crippen molar-refractivity contribution in [3.63, 3.8) is 0 Å². The molecule has 0 bridgehead atoms. The lowest BCUT2D eigenvalue weighted by Crippen LogP contribution is -2.44. The van der Waals surface area contributed by atoms with Crippen molar-refractivity contribution in [1.82, 2.24) is 9.91 Å². The highest BCUT2D eigenvalue weighted by atomic mass is 16.5. The molecule has 8 nitrogen and oxygen atoms in total. The van der Waals surface area contributed by atoms with Crippen molar-refractivity contribution in [1.29, 1.82) is 0 Å². The van der Waals surface area contributed by atoms with Gasteiger partial charge in [-0.2, -0.15) is 5.10 Å². The molecule has 8 heteroatoms. The Morgan fingerprint density at radius 3 is 2.59 bits per heavy atom. The van der Waals surface area contributed by atoms with Gasteiger partial charge in [-0.15, -0.1) is 0 Å². The van der Waals surface area contributed by atoms with Gasteiger partial charge in [-0.05, 0) is 76.2 Å². The molecule has 0 aromatic heterocycles. The molecule has 2 aromatic rings. The van der Waals surface area contributed by atoms with Crippen LogP contribution >= 0.6 is 0 Å². The third kappa shape index (κ3) is 6.95. The van der Waals surface area contributed by atoms with Crippen molar-refractivity contribution in [2.45, 2.75) is 32.2 Å². The van der Waals surface area contributed by atoms with Crippen molar-refractivity contribution in [2.24, 2.45) is 10.8 Å². The van der Waals surface area contributed by atoms with Crippen LogP contribution in [0.15, 0.2) is 47.6 Å². The third-order valence-corrected chi connectivity index (χ3v) is 5.58. The maximum absolute atomic E-state index is 13.0. The van der Waals surface area contributed by atoms with Crippen LogP contribution in [0.5, 0.6) is 17.2 Å². The number of nitrogens with two attached hydrogens (primary N) is 1. The summed E-state index contributed by atoms with van der Waals surface area (Å²) in [4.78, 5) is 15.1. The van der Waals surface area contributed by atoms with E-state index in [2.05, 4.69) is 10.0 Å². The molecule has 0 saturated carbocycles. The monoisotopic (exact) mass is 468 g/mol. The fraction of sp³-hybridized carbons (Fsp3) is 0.462. The second-order valence-electron chi connectivity index (χ2n) is 8.52. The van der Waals surface area contributed by atoms with E-state index in [-0.39, 0.29) is 5.91 Å². The van der Waals surface area contributed by atoms with E-state index in [0.29, 0.717) is 37.7 Å². The smallest absolute Gasteiger partial charge is 0.259 e. The van der Waals surface area contributed by atoms with Crippen LogP contribution in [-0.4, -0.2) is 75.1 Å². The van der Waals surface area contributed by atoms with Crippen molar-refractivity contribution in [3.8, 4) is 17.2 Å².